The highest BCUT2D eigenvalue weighted by atomic mass is 16.5. The number of carbonyl (C=O) groups is 1. The van der Waals surface area contributed by atoms with Crippen molar-refractivity contribution in [2.75, 3.05) is 26.6 Å². The van der Waals surface area contributed by atoms with Crippen LogP contribution in [-0.2, 0) is 0 Å². The van der Waals surface area contributed by atoms with Gasteiger partial charge in [-0.1, -0.05) is 18.2 Å². The number of benzene rings is 2. The zero-order valence-electron chi connectivity index (χ0n) is 15.6. The van der Waals surface area contributed by atoms with E-state index in [1.807, 2.05) is 31.2 Å². The number of hydrogen-bond acceptors (Lipinski definition) is 5. The Morgan fingerprint density at radius 3 is 2.15 bits per heavy atom. The third kappa shape index (κ3) is 3.44. The van der Waals surface area contributed by atoms with Gasteiger partial charge in [0.15, 0.2) is 0 Å². The average Bonchev–Trinajstić information content (AvgIpc) is 3.07. The van der Waals surface area contributed by atoms with Crippen LogP contribution >= 0.6 is 0 Å². The van der Waals surface area contributed by atoms with E-state index in [0.29, 0.717) is 34.2 Å². The molecular formula is C20H21N3O4. The summed E-state index contributed by atoms with van der Waals surface area (Å²) in [6, 6.07) is 12.7. The quantitative estimate of drug-likeness (QED) is 0.694. The van der Waals surface area contributed by atoms with Crippen LogP contribution in [-0.4, -0.2) is 37.4 Å². The van der Waals surface area contributed by atoms with Gasteiger partial charge >= 0.3 is 0 Å². The van der Waals surface area contributed by atoms with Gasteiger partial charge < -0.3 is 19.5 Å². The first-order valence-corrected chi connectivity index (χ1v) is 8.31. The molecule has 0 bridgehead atoms. The van der Waals surface area contributed by atoms with E-state index < -0.39 is 0 Å². The van der Waals surface area contributed by atoms with Crippen LogP contribution in [0.4, 0.5) is 5.69 Å². The number of para-hydroxylation sites is 1. The van der Waals surface area contributed by atoms with E-state index in [2.05, 4.69) is 15.5 Å². The van der Waals surface area contributed by atoms with Crippen molar-refractivity contribution < 1.29 is 19.0 Å². The summed E-state index contributed by atoms with van der Waals surface area (Å²) in [6.45, 7) is 1.83. The molecule has 0 fully saturated rings. The standard InChI is InChI=1S/C20H21N3O4/c1-12-18(19(23-22-12)13-8-5-6-9-14(13)25-2)21-20(24)17-15(26-3)10-7-11-16(17)27-4/h5-11H,1-4H3,(H,21,24)(H,22,23). The molecular weight excluding hydrogens is 346 g/mol. The van der Waals surface area contributed by atoms with Gasteiger partial charge in [-0.15, -0.1) is 0 Å². The second-order valence-electron chi connectivity index (χ2n) is 5.76. The minimum Gasteiger partial charge on any atom is -0.496 e. The number of H-pyrrole nitrogens is 1. The Bertz CT molecular complexity index is 943. The Morgan fingerprint density at radius 1 is 0.926 bits per heavy atom. The van der Waals surface area contributed by atoms with Crippen molar-refractivity contribution in [1.82, 2.24) is 10.2 Å². The summed E-state index contributed by atoms with van der Waals surface area (Å²) in [5.74, 6) is 1.15. The van der Waals surface area contributed by atoms with Crippen molar-refractivity contribution in [1.29, 1.82) is 0 Å². The van der Waals surface area contributed by atoms with Gasteiger partial charge in [0.1, 0.15) is 28.5 Å². The van der Waals surface area contributed by atoms with Gasteiger partial charge in [-0.25, -0.2) is 0 Å². The highest BCUT2D eigenvalue weighted by molar-refractivity contribution is 6.10. The molecule has 0 spiro atoms. The third-order valence-corrected chi connectivity index (χ3v) is 4.20. The number of carbonyl (C=O) groups excluding carboxylic acids is 1. The average molecular weight is 367 g/mol. The van der Waals surface area contributed by atoms with Crippen LogP contribution in [0.5, 0.6) is 17.2 Å². The van der Waals surface area contributed by atoms with Crippen LogP contribution in [0.15, 0.2) is 42.5 Å². The number of methoxy groups -OCH3 is 3. The minimum atomic E-state index is -0.357. The van der Waals surface area contributed by atoms with Gasteiger partial charge in [-0.2, -0.15) is 5.10 Å². The molecule has 0 radical (unpaired) electrons. The highest BCUT2D eigenvalue weighted by Crippen LogP contribution is 2.36. The number of anilines is 1. The number of aromatic nitrogens is 2. The molecule has 0 aliphatic rings. The molecule has 3 aromatic rings. The molecule has 0 atom stereocenters. The first-order chi connectivity index (χ1) is 13.1. The van der Waals surface area contributed by atoms with E-state index in [0.717, 1.165) is 11.3 Å². The Morgan fingerprint density at radius 2 is 1.52 bits per heavy atom. The lowest BCUT2D eigenvalue weighted by Crippen LogP contribution is -2.15. The molecule has 0 aliphatic heterocycles. The lowest BCUT2D eigenvalue weighted by atomic mass is 10.1. The van der Waals surface area contributed by atoms with E-state index in [4.69, 9.17) is 14.2 Å². The molecule has 7 heteroatoms. The fourth-order valence-corrected chi connectivity index (χ4v) is 2.87. The zero-order chi connectivity index (χ0) is 19.4. The summed E-state index contributed by atoms with van der Waals surface area (Å²) in [6.07, 6.45) is 0. The third-order valence-electron chi connectivity index (χ3n) is 4.20. The van der Waals surface area contributed by atoms with Crippen molar-refractivity contribution >= 4 is 11.6 Å². The van der Waals surface area contributed by atoms with E-state index >= 15 is 0 Å². The summed E-state index contributed by atoms with van der Waals surface area (Å²) in [5, 5.41) is 10.2. The summed E-state index contributed by atoms with van der Waals surface area (Å²) >= 11 is 0. The summed E-state index contributed by atoms with van der Waals surface area (Å²) < 4.78 is 16.1. The number of amides is 1. The van der Waals surface area contributed by atoms with Crippen LogP contribution in [0.25, 0.3) is 11.3 Å². The summed E-state index contributed by atoms with van der Waals surface area (Å²) in [5.41, 5.74) is 2.96. The van der Waals surface area contributed by atoms with Crippen LogP contribution in [0.1, 0.15) is 16.1 Å². The predicted molar refractivity (Wildman–Crippen MR) is 103 cm³/mol. The normalized spacial score (nSPS) is 10.4. The van der Waals surface area contributed by atoms with Gasteiger partial charge in [0.25, 0.3) is 5.91 Å². The number of ether oxygens (including phenoxy) is 3. The maximum atomic E-state index is 13.0. The van der Waals surface area contributed by atoms with Crippen LogP contribution in [0.3, 0.4) is 0 Å². The van der Waals surface area contributed by atoms with Crippen LogP contribution in [0.2, 0.25) is 0 Å². The van der Waals surface area contributed by atoms with Gasteiger partial charge in [0.05, 0.1) is 32.7 Å². The lowest BCUT2D eigenvalue weighted by molar-refractivity contribution is 0.102. The molecule has 3 rings (SSSR count). The molecule has 0 unspecified atom stereocenters. The maximum absolute atomic E-state index is 13.0. The fraction of sp³-hybridized carbons (Fsp3) is 0.200. The van der Waals surface area contributed by atoms with Crippen LogP contribution < -0.4 is 19.5 Å². The number of nitrogens with one attached hydrogen (secondary N) is 2. The Kier molecular flexibility index (Phi) is 5.30. The summed E-state index contributed by atoms with van der Waals surface area (Å²) in [4.78, 5) is 13.0. The zero-order valence-corrected chi connectivity index (χ0v) is 15.6. The molecule has 27 heavy (non-hydrogen) atoms. The summed E-state index contributed by atoms with van der Waals surface area (Å²) in [7, 11) is 4.61. The minimum absolute atomic E-state index is 0.314. The van der Waals surface area contributed by atoms with E-state index in [9.17, 15) is 4.79 Å². The number of aromatic amines is 1. The van der Waals surface area contributed by atoms with Gasteiger partial charge in [0.2, 0.25) is 0 Å². The van der Waals surface area contributed by atoms with Gasteiger partial charge in [0, 0.05) is 5.56 Å². The van der Waals surface area contributed by atoms with Gasteiger partial charge in [-0.05, 0) is 31.2 Å². The number of rotatable bonds is 6. The molecule has 140 valence electrons. The van der Waals surface area contributed by atoms with Crippen molar-refractivity contribution in [3.05, 3.63) is 53.7 Å². The molecule has 2 N–H and O–H groups in total. The van der Waals surface area contributed by atoms with E-state index in [-0.39, 0.29) is 5.91 Å². The molecule has 1 amide bonds. The lowest BCUT2D eigenvalue weighted by Gasteiger charge is -2.14. The first-order valence-electron chi connectivity index (χ1n) is 8.31. The molecule has 1 aromatic heterocycles. The topological polar surface area (TPSA) is 85.5 Å². The van der Waals surface area contributed by atoms with E-state index in [1.165, 1.54) is 14.2 Å². The Labute approximate surface area is 157 Å². The second kappa shape index (κ2) is 7.82. The molecule has 0 aliphatic carbocycles. The van der Waals surface area contributed by atoms with Crippen molar-refractivity contribution in [2.45, 2.75) is 6.92 Å². The number of hydrogen-bond donors (Lipinski definition) is 2. The Hall–Kier alpha value is -3.48. The van der Waals surface area contributed by atoms with E-state index in [1.54, 1.807) is 25.3 Å². The fourth-order valence-electron chi connectivity index (χ4n) is 2.87. The largest absolute Gasteiger partial charge is 0.496 e. The number of aryl methyl sites for hydroxylation is 1. The molecule has 7 nitrogen and oxygen atoms in total. The number of nitrogens with zero attached hydrogens (tertiary/aromatic N) is 1. The van der Waals surface area contributed by atoms with Gasteiger partial charge in [-0.3, -0.25) is 9.89 Å². The van der Waals surface area contributed by atoms with Crippen molar-refractivity contribution in [3.63, 3.8) is 0 Å². The van der Waals surface area contributed by atoms with Crippen molar-refractivity contribution in [3.8, 4) is 28.5 Å². The predicted octanol–water partition coefficient (Wildman–Crippen LogP) is 3.66. The molecule has 1 heterocycles. The first kappa shape index (κ1) is 18.3. The Balaban J connectivity index is 2.03. The van der Waals surface area contributed by atoms with Crippen molar-refractivity contribution in [2.24, 2.45) is 0 Å². The maximum Gasteiger partial charge on any atom is 0.263 e. The molecule has 2 aromatic carbocycles. The molecule has 0 saturated heterocycles. The highest BCUT2D eigenvalue weighted by Gasteiger charge is 2.22. The second-order valence-corrected chi connectivity index (χ2v) is 5.76. The smallest absolute Gasteiger partial charge is 0.263 e. The van der Waals surface area contributed by atoms with Crippen LogP contribution in [0, 0.1) is 6.92 Å². The SMILES string of the molecule is COc1ccccc1-c1n[nH]c(C)c1NC(=O)c1c(OC)cccc1OC. The molecule has 0 saturated carbocycles. The monoisotopic (exact) mass is 367 g/mol.